The van der Waals surface area contributed by atoms with Gasteiger partial charge in [0.25, 0.3) is 0 Å². The van der Waals surface area contributed by atoms with Crippen LogP contribution in [0.1, 0.15) is 11.1 Å². The Morgan fingerprint density at radius 1 is 1.14 bits per heavy atom. The van der Waals surface area contributed by atoms with Gasteiger partial charge in [-0.25, -0.2) is 4.98 Å². The van der Waals surface area contributed by atoms with Gasteiger partial charge in [-0.2, -0.15) is 13.2 Å². The molecule has 4 aromatic rings. The van der Waals surface area contributed by atoms with Crippen molar-refractivity contribution in [3.05, 3.63) is 59.7 Å². The summed E-state index contributed by atoms with van der Waals surface area (Å²) in [6.07, 6.45) is -4.56. The molecule has 0 bridgehead atoms. The molecule has 36 heavy (non-hydrogen) atoms. The number of nitrogens with one attached hydrogen (secondary N) is 1. The van der Waals surface area contributed by atoms with Crippen LogP contribution in [-0.4, -0.2) is 60.2 Å². The Labute approximate surface area is 205 Å². The maximum absolute atomic E-state index is 13.3. The van der Waals surface area contributed by atoms with Crippen LogP contribution in [0.4, 0.5) is 13.2 Å². The number of morpholine rings is 1. The van der Waals surface area contributed by atoms with E-state index in [0.717, 1.165) is 55.9 Å². The van der Waals surface area contributed by atoms with Crippen molar-refractivity contribution in [1.82, 2.24) is 14.9 Å². The normalized spacial score (nSPS) is 15.0. The quantitative estimate of drug-likeness (QED) is 0.400. The summed E-state index contributed by atoms with van der Waals surface area (Å²) in [6, 6.07) is 12.1. The van der Waals surface area contributed by atoms with Crippen LogP contribution in [0.25, 0.3) is 33.2 Å². The number of rotatable bonds is 7. The summed E-state index contributed by atoms with van der Waals surface area (Å²) in [7, 11) is 0. The first kappa shape index (κ1) is 24.1. The van der Waals surface area contributed by atoms with Crippen molar-refractivity contribution in [2.75, 3.05) is 39.5 Å². The maximum Gasteiger partial charge on any atom is 0.416 e. The maximum atomic E-state index is 13.3. The third-order valence-corrected chi connectivity index (χ3v) is 6.24. The van der Waals surface area contributed by atoms with Gasteiger partial charge in [0.1, 0.15) is 12.4 Å². The number of H-pyrrole nitrogens is 1. The number of carbonyl (C=O) groups excluding carboxylic acids is 1. The fourth-order valence-corrected chi connectivity index (χ4v) is 4.44. The number of hydrogen-bond acceptors (Lipinski definition) is 5. The second kappa shape index (κ2) is 9.79. The Hall–Kier alpha value is -3.63. The topological polar surface area (TPSA) is 93.5 Å². The number of nitrogens with two attached hydrogens (primary N) is 1. The Balaban J connectivity index is 1.49. The monoisotopic (exact) mass is 498 g/mol. The molecule has 1 aliphatic rings. The number of primary amides is 1. The molecule has 10 heteroatoms. The van der Waals surface area contributed by atoms with Gasteiger partial charge < -0.3 is 20.2 Å². The second-order valence-electron chi connectivity index (χ2n) is 8.75. The fraction of sp³-hybridized carbons (Fsp3) is 0.308. The largest absolute Gasteiger partial charge is 0.492 e. The minimum Gasteiger partial charge on any atom is -0.492 e. The minimum atomic E-state index is -4.48. The van der Waals surface area contributed by atoms with E-state index in [-0.39, 0.29) is 6.42 Å². The Kier molecular flexibility index (Phi) is 6.55. The lowest BCUT2D eigenvalue weighted by Crippen LogP contribution is -2.38. The van der Waals surface area contributed by atoms with Gasteiger partial charge in [0, 0.05) is 36.7 Å². The van der Waals surface area contributed by atoms with Crippen LogP contribution in [0.15, 0.2) is 48.5 Å². The number of benzene rings is 2. The van der Waals surface area contributed by atoms with Crippen LogP contribution in [0, 0.1) is 0 Å². The molecule has 1 fully saturated rings. The summed E-state index contributed by atoms with van der Waals surface area (Å²) in [6.45, 7) is 4.53. The molecule has 0 spiro atoms. The molecule has 2 aromatic carbocycles. The molecule has 1 amide bonds. The third-order valence-electron chi connectivity index (χ3n) is 6.24. The highest BCUT2D eigenvalue weighted by atomic mass is 19.4. The molecule has 7 nitrogen and oxygen atoms in total. The second-order valence-corrected chi connectivity index (χ2v) is 8.75. The number of amides is 1. The third kappa shape index (κ3) is 5.14. The number of carbonyl (C=O) groups is 1. The van der Waals surface area contributed by atoms with Gasteiger partial charge in [0.15, 0.2) is 0 Å². The molecule has 3 N–H and O–H groups in total. The molecule has 2 aromatic heterocycles. The number of aromatic amines is 1. The molecule has 5 rings (SSSR count). The lowest BCUT2D eigenvalue weighted by Gasteiger charge is -2.26. The molecule has 0 unspecified atom stereocenters. The van der Waals surface area contributed by atoms with E-state index in [4.69, 9.17) is 15.2 Å². The van der Waals surface area contributed by atoms with E-state index in [2.05, 4.69) is 14.9 Å². The van der Waals surface area contributed by atoms with Gasteiger partial charge in [-0.3, -0.25) is 9.69 Å². The summed E-state index contributed by atoms with van der Waals surface area (Å²) < 4.78 is 51.1. The average Bonchev–Trinajstić information content (AvgIpc) is 3.22. The van der Waals surface area contributed by atoms with Gasteiger partial charge in [-0.05, 0) is 35.9 Å². The van der Waals surface area contributed by atoms with E-state index in [1.165, 1.54) is 6.07 Å². The summed E-state index contributed by atoms with van der Waals surface area (Å²) in [5.74, 6) is 0.125. The Morgan fingerprint density at radius 2 is 1.94 bits per heavy atom. The van der Waals surface area contributed by atoms with Crippen LogP contribution in [0.5, 0.6) is 5.75 Å². The van der Waals surface area contributed by atoms with Crippen LogP contribution in [0.3, 0.4) is 0 Å². The van der Waals surface area contributed by atoms with Gasteiger partial charge in [0.2, 0.25) is 5.91 Å². The van der Waals surface area contributed by atoms with E-state index in [1.54, 1.807) is 12.1 Å². The molecule has 1 aliphatic heterocycles. The fourth-order valence-electron chi connectivity index (χ4n) is 4.44. The summed E-state index contributed by atoms with van der Waals surface area (Å²) in [5, 5.41) is 0.769. The van der Waals surface area contributed by atoms with Crippen LogP contribution in [-0.2, 0) is 22.1 Å². The van der Waals surface area contributed by atoms with Gasteiger partial charge in [-0.1, -0.05) is 12.1 Å². The highest BCUT2D eigenvalue weighted by Gasteiger charge is 2.30. The number of halogens is 3. The van der Waals surface area contributed by atoms with Crippen molar-refractivity contribution in [2.24, 2.45) is 5.73 Å². The predicted octanol–water partition coefficient (Wildman–Crippen LogP) is 4.14. The van der Waals surface area contributed by atoms with Crippen molar-refractivity contribution >= 4 is 27.8 Å². The highest BCUT2D eigenvalue weighted by molar-refractivity contribution is 6.07. The lowest BCUT2D eigenvalue weighted by molar-refractivity contribution is -0.137. The van der Waals surface area contributed by atoms with E-state index in [0.29, 0.717) is 40.2 Å². The van der Waals surface area contributed by atoms with Gasteiger partial charge >= 0.3 is 6.18 Å². The standard InChI is InChI=1S/C26H25F3N4O3/c27-26(28,29)18-3-1-2-16(12-18)21-13-17(14-23(30)34)24-25(31-21)20-5-4-19(15-22(20)32-24)36-11-8-33-6-9-35-10-7-33/h1-5,12-13,15,32H,6-11,14H2,(H2,30,34). The number of nitrogens with zero attached hydrogens (tertiary/aromatic N) is 2. The SMILES string of the molecule is NC(=O)Cc1cc(-c2cccc(C(F)(F)F)c2)nc2c1[nH]c1cc(OCCN3CCOCC3)ccc12. The summed E-state index contributed by atoms with van der Waals surface area (Å²) >= 11 is 0. The zero-order chi connectivity index (χ0) is 25.3. The van der Waals surface area contributed by atoms with E-state index in [9.17, 15) is 18.0 Å². The van der Waals surface area contributed by atoms with Crippen LogP contribution in [0.2, 0.25) is 0 Å². The predicted molar refractivity (Wildman–Crippen MR) is 130 cm³/mol. The van der Waals surface area contributed by atoms with Gasteiger partial charge in [-0.15, -0.1) is 0 Å². The Bertz CT molecular complexity index is 1410. The number of hydrogen-bond donors (Lipinski definition) is 2. The smallest absolute Gasteiger partial charge is 0.416 e. The molecular formula is C26H25F3N4O3. The van der Waals surface area contributed by atoms with Crippen molar-refractivity contribution in [3.8, 4) is 17.0 Å². The van der Waals surface area contributed by atoms with Gasteiger partial charge in [0.05, 0.1) is 47.4 Å². The number of pyridine rings is 1. The van der Waals surface area contributed by atoms with E-state index in [1.807, 2.05) is 18.2 Å². The first-order chi connectivity index (χ1) is 17.3. The first-order valence-corrected chi connectivity index (χ1v) is 11.6. The number of ether oxygens (including phenoxy) is 2. The lowest BCUT2D eigenvalue weighted by atomic mass is 10.0. The molecule has 0 atom stereocenters. The zero-order valence-electron chi connectivity index (χ0n) is 19.4. The number of alkyl halides is 3. The molecule has 0 saturated carbocycles. The minimum absolute atomic E-state index is 0.0826. The average molecular weight is 499 g/mol. The number of aromatic nitrogens is 2. The van der Waals surface area contributed by atoms with Crippen LogP contribution < -0.4 is 10.5 Å². The Morgan fingerprint density at radius 3 is 2.69 bits per heavy atom. The van der Waals surface area contributed by atoms with Crippen molar-refractivity contribution in [3.63, 3.8) is 0 Å². The highest BCUT2D eigenvalue weighted by Crippen LogP contribution is 2.35. The van der Waals surface area contributed by atoms with Crippen molar-refractivity contribution in [1.29, 1.82) is 0 Å². The summed E-state index contributed by atoms with van der Waals surface area (Å²) in [4.78, 5) is 22.0. The zero-order valence-corrected chi connectivity index (χ0v) is 19.4. The molecule has 3 heterocycles. The van der Waals surface area contributed by atoms with E-state index < -0.39 is 17.6 Å². The molecular weight excluding hydrogens is 473 g/mol. The molecule has 0 radical (unpaired) electrons. The van der Waals surface area contributed by atoms with Crippen LogP contribution >= 0.6 is 0 Å². The number of fused-ring (bicyclic) bond motifs is 3. The van der Waals surface area contributed by atoms with Crippen molar-refractivity contribution < 1.29 is 27.4 Å². The first-order valence-electron chi connectivity index (χ1n) is 11.6. The van der Waals surface area contributed by atoms with E-state index >= 15 is 0 Å². The molecule has 188 valence electrons. The molecule has 0 aliphatic carbocycles. The molecule has 1 saturated heterocycles. The summed E-state index contributed by atoms with van der Waals surface area (Å²) in [5.41, 5.74) is 7.80. The van der Waals surface area contributed by atoms with Crippen molar-refractivity contribution in [2.45, 2.75) is 12.6 Å².